The van der Waals surface area contributed by atoms with Crippen LogP contribution in [-0.4, -0.2) is 82.5 Å². The SMILES string of the molecule is [Al+3].[Al+3].[Co+2].[Co+2].[O-2].[O-2].[O-2].[O-2].[O-2].[O-2].[O-2].[O-2].[O-2].[Sn+4].[Sn+4]. The van der Waals surface area contributed by atoms with Crippen molar-refractivity contribution in [1.29, 1.82) is 0 Å². The molecule has 0 aromatic heterocycles. The molecule has 0 spiro atoms. The van der Waals surface area contributed by atoms with Crippen LogP contribution in [0.5, 0.6) is 0 Å². The molecule has 0 bridgehead atoms. The largest absolute Gasteiger partial charge is 4.00 e. The summed E-state index contributed by atoms with van der Waals surface area (Å²) in [6.45, 7) is 0. The van der Waals surface area contributed by atoms with Crippen molar-refractivity contribution in [2.45, 2.75) is 0 Å². The Hall–Kier alpha value is 3.32. The van der Waals surface area contributed by atoms with Crippen LogP contribution in [0.1, 0.15) is 0 Å². The first-order valence-corrected chi connectivity index (χ1v) is 0. The third-order valence-electron chi connectivity index (χ3n) is 0. The molecule has 0 heterocycles. The molecule has 15 heavy (non-hydrogen) atoms. The van der Waals surface area contributed by atoms with Crippen molar-refractivity contribution in [2.75, 3.05) is 0 Å². The van der Waals surface area contributed by atoms with Gasteiger partial charge in [0.1, 0.15) is 0 Å². The van der Waals surface area contributed by atoms with Crippen LogP contribution in [0.3, 0.4) is 0 Å². The minimum atomic E-state index is 0. The number of hydrogen-bond acceptors (Lipinski definition) is 0. The molecule has 0 aliphatic carbocycles. The van der Waals surface area contributed by atoms with Crippen molar-refractivity contribution in [1.82, 2.24) is 0 Å². The summed E-state index contributed by atoms with van der Waals surface area (Å²) in [4.78, 5) is 0. The van der Waals surface area contributed by atoms with E-state index in [1.807, 2.05) is 0 Å². The quantitative estimate of drug-likeness (QED) is 0.280. The topological polar surface area (TPSA) is 256 Å². The summed E-state index contributed by atoms with van der Waals surface area (Å²) >= 11 is 0. The summed E-state index contributed by atoms with van der Waals surface area (Å²) < 4.78 is 0. The van der Waals surface area contributed by atoms with Crippen LogP contribution in [0.4, 0.5) is 0 Å². The molecule has 0 N–H and O–H groups in total. The summed E-state index contributed by atoms with van der Waals surface area (Å²) in [5.74, 6) is 0. The van der Waals surface area contributed by atoms with E-state index in [4.69, 9.17) is 0 Å². The Morgan fingerprint density at radius 3 is 0.267 bits per heavy atom. The van der Waals surface area contributed by atoms with Gasteiger partial charge < -0.3 is 49.3 Å². The zero-order valence-electron chi connectivity index (χ0n) is 6.50. The summed E-state index contributed by atoms with van der Waals surface area (Å²) in [5.41, 5.74) is 0. The van der Waals surface area contributed by atoms with Crippen molar-refractivity contribution in [2.24, 2.45) is 0 Å². The van der Waals surface area contributed by atoms with E-state index in [2.05, 4.69) is 0 Å². The van der Waals surface area contributed by atoms with Crippen LogP contribution in [-0.2, 0) is 82.8 Å². The molecule has 0 unspecified atom stereocenters. The van der Waals surface area contributed by atoms with E-state index in [0.717, 1.165) is 0 Å². The number of rotatable bonds is 0. The van der Waals surface area contributed by atoms with Gasteiger partial charge in [-0.2, -0.15) is 0 Å². The molecule has 0 atom stereocenters. The molecule has 86 valence electrons. The van der Waals surface area contributed by atoms with Crippen molar-refractivity contribution in [3.8, 4) is 0 Å². The Bertz CT molecular complexity index is 24.1. The maximum absolute atomic E-state index is 0. The predicted molar refractivity (Wildman–Crippen MR) is 29.2 cm³/mol. The Balaban J connectivity index is 0. The van der Waals surface area contributed by atoms with E-state index in [1.54, 1.807) is 0 Å². The monoisotopic (exact) mass is 556 g/mol. The molecule has 0 aliphatic rings. The number of hydrogen-bond donors (Lipinski definition) is 0. The smallest absolute Gasteiger partial charge is 2.00 e. The first-order chi connectivity index (χ1) is 0. The Morgan fingerprint density at radius 2 is 0.267 bits per heavy atom. The van der Waals surface area contributed by atoms with Crippen molar-refractivity contribution < 1.29 is 82.8 Å². The molecule has 15 heteroatoms. The van der Waals surface area contributed by atoms with Crippen LogP contribution >= 0.6 is 0 Å². The minimum absolute atomic E-state index is 0. The average Bonchev–Trinajstić information content (AvgIpc) is 0. The fraction of sp³-hybridized carbons (Fsp3) is 0. The predicted octanol–water partition coefficient (Wildman–Crippen LogP) is -2.60. The second-order valence-electron chi connectivity index (χ2n) is 0. The van der Waals surface area contributed by atoms with Gasteiger partial charge in [0.05, 0.1) is 0 Å². The Morgan fingerprint density at radius 1 is 0.267 bits per heavy atom. The van der Waals surface area contributed by atoms with E-state index in [0.29, 0.717) is 0 Å². The fourth-order valence-corrected chi connectivity index (χ4v) is 0. The van der Waals surface area contributed by atoms with Gasteiger partial charge in [-0.25, -0.2) is 0 Å². The molecular weight excluding hydrogens is 553 g/mol. The molecule has 0 aromatic carbocycles. The maximum atomic E-state index is 0. The van der Waals surface area contributed by atoms with Crippen molar-refractivity contribution in [3.05, 3.63) is 0 Å². The molecular formula is Al2Co2O9Sn2. The van der Waals surface area contributed by atoms with Gasteiger partial charge in [-0.05, 0) is 0 Å². The summed E-state index contributed by atoms with van der Waals surface area (Å²) in [6.07, 6.45) is 0. The first kappa shape index (κ1) is 500. The van der Waals surface area contributed by atoms with Crippen LogP contribution in [0.15, 0.2) is 0 Å². The normalized spacial score (nSPS) is 0. The van der Waals surface area contributed by atoms with Crippen LogP contribution in [0.25, 0.3) is 0 Å². The summed E-state index contributed by atoms with van der Waals surface area (Å²) in [5, 5.41) is 0. The maximum Gasteiger partial charge on any atom is 4.00 e. The standard InChI is InChI=1S/2Al.2Co.9O.2Sn/q2*+3;2*+2;9*-2;2*+4. The van der Waals surface area contributed by atoms with Crippen molar-refractivity contribution >= 4 is 82.5 Å². The molecule has 9 nitrogen and oxygen atoms in total. The van der Waals surface area contributed by atoms with Crippen LogP contribution < -0.4 is 0 Å². The van der Waals surface area contributed by atoms with E-state index in [-0.39, 0.29) is 165 Å². The van der Waals surface area contributed by atoms with Gasteiger partial charge >= 0.3 is 116 Å². The van der Waals surface area contributed by atoms with Gasteiger partial charge in [-0.1, -0.05) is 0 Å². The summed E-state index contributed by atoms with van der Waals surface area (Å²) in [7, 11) is 0. The minimum Gasteiger partial charge on any atom is -2.00 e. The van der Waals surface area contributed by atoms with E-state index in [9.17, 15) is 0 Å². The van der Waals surface area contributed by atoms with Gasteiger partial charge in [0.2, 0.25) is 0 Å². The molecule has 0 saturated heterocycles. The van der Waals surface area contributed by atoms with Gasteiger partial charge in [0, 0.05) is 0 Å². The van der Waals surface area contributed by atoms with Crippen LogP contribution in [0, 0.1) is 0 Å². The van der Waals surface area contributed by atoms with Gasteiger partial charge in [-0.15, -0.1) is 0 Å². The zero-order chi connectivity index (χ0) is 0. The van der Waals surface area contributed by atoms with E-state index in [1.165, 1.54) is 0 Å². The van der Waals surface area contributed by atoms with E-state index >= 15 is 0 Å². The van der Waals surface area contributed by atoms with Crippen LogP contribution in [0.2, 0.25) is 0 Å². The average molecular weight is 553 g/mol. The fourth-order valence-electron chi connectivity index (χ4n) is 0. The first-order valence-electron chi connectivity index (χ1n) is 0. The molecule has 2 radical (unpaired) electrons. The van der Waals surface area contributed by atoms with Gasteiger partial charge in [0.25, 0.3) is 0 Å². The second-order valence-corrected chi connectivity index (χ2v) is 0. The molecule has 0 aliphatic heterocycles. The molecule has 0 fully saturated rings. The molecule has 0 amide bonds. The Labute approximate surface area is 163 Å². The van der Waals surface area contributed by atoms with Crippen molar-refractivity contribution in [3.63, 3.8) is 0 Å². The third-order valence-corrected chi connectivity index (χ3v) is 0. The van der Waals surface area contributed by atoms with Gasteiger partial charge in [-0.3, -0.25) is 0 Å². The Kier molecular flexibility index (Phi) is 14000. The zero-order valence-corrected chi connectivity index (χ0v) is 16.6. The molecule has 0 rings (SSSR count). The molecule has 0 aromatic rings. The van der Waals surface area contributed by atoms with E-state index < -0.39 is 0 Å². The molecule has 0 saturated carbocycles. The van der Waals surface area contributed by atoms with Gasteiger partial charge in [0.15, 0.2) is 0 Å². The summed E-state index contributed by atoms with van der Waals surface area (Å²) in [6, 6.07) is 0. The second kappa shape index (κ2) is 419. The third kappa shape index (κ3) is 370.